The molecule has 19 heteroatoms. The lowest BCUT2D eigenvalue weighted by atomic mass is 9.89. The van der Waals surface area contributed by atoms with Crippen LogP contribution in [0, 0.1) is 0 Å². The van der Waals surface area contributed by atoms with E-state index in [1.807, 2.05) is 0 Å². The number of hydrogen-bond acceptors (Lipinski definition) is 1. The number of rotatable bonds is 2. The lowest BCUT2D eigenvalue weighted by Gasteiger charge is -2.42. The zero-order chi connectivity index (χ0) is 23.2. The van der Waals surface area contributed by atoms with Crippen LogP contribution in [0.25, 0.3) is 0 Å². The van der Waals surface area contributed by atoms with Crippen LogP contribution in [0.4, 0.5) is 79.0 Å². The normalized spacial score (nSPS) is 31.9. The molecule has 0 amide bonds. The SMILES string of the molecule is FC(F)(F)C(F)(F)C(F)(F)C1(F)OC(F)(F)C(F)(F)C(F)(F)C(F)(F)C1(F)F. The van der Waals surface area contributed by atoms with Crippen LogP contribution in [0.2, 0.25) is 0 Å². The zero-order valence-electron chi connectivity index (χ0n) is 11.7. The first-order valence-electron chi connectivity index (χ1n) is 5.81. The van der Waals surface area contributed by atoms with E-state index < -0.39 is 53.7 Å². The summed E-state index contributed by atoms with van der Waals surface area (Å²) in [6.45, 7) is 0. The molecule has 28 heavy (non-hydrogen) atoms. The smallest absolute Gasteiger partial charge is 0.267 e. The lowest BCUT2D eigenvalue weighted by Crippen LogP contribution is -2.74. The van der Waals surface area contributed by atoms with Gasteiger partial charge in [0.1, 0.15) is 0 Å². The Balaban J connectivity index is 4.04. The third kappa shape index (κ3) is 2.36. The van der Waals surface area contributed by atoms with Gasteiger partial charge in [-0.05, 0) is 0 Å². The van der Waals surface area contributed by atoms with Crippen molar-refractivity contribution in [3.8, 4) is 0 Å². The van der Waals surface area contributed by atoms with E-state index in [-0.39, 0.29) is 0 Å². The van der Waals surface area contributed by atoms with Crippen molar-refractivity contribution in [2.75, 3.05) is 0 Å². The summed E-state index contributed by atoms with van der Waals surface area (Å²) < 4.78 is 233. The van der Waals surface area contributed by atoms with Gasteiger partial charge in [0.2, 0.25) is 0 Å². The first-order chi connectivity index (χ1) is 11.7. The molecule has 0 aromatic carbocycles. The van der Waals surface area contributed by atoms with Crippen LogP contribution in [0.3, 0.4) is 0 Å². The highest BCUT2D eigenvalue weighted by molar-refractivity contribution is 5.19. The molecule has 1 aliphatic heterocycles. The molecular formula is C9F18O. The van der Waals surface area contributed by atoms with Crippen molar-refractivity contribution in [3.63, 3.8) is 0 Å². The van der Waals surface area contributed by atoms with E-state index in [4.69, 9.17) is 0 Å². The molecule has 1 rings (SSSR count). The summed E-state index contributed by atoms with van der Waals surface area (Å²) in [5.74, 6) is -58.3. The van der Waals surface area contributed by atoms with E-state index in [9.17, 15) is 79.0 Å². The van der Waals surface area contributed by atoms with Crippen LogP contribution in [0.15, 0.2) is 0 Å². The maximum Gasteiger partial charge on any atom is 0.460 e. The van der Waals surface area contributed by atoms with Crippen molar-refractivity contribution >= 4 is 0 Å². The maximum atomic E-state index is 13.8. The van der Waals surface area contributed by atoms with Gasteiger partial charge in [-0.1, -0.05) is 0 Å². The van der Waals surface area contributed by atoms with Gasteiger partial charge in [-0.25, -0.2) is 0 Å². The summed E-state index contributed by atoms with van der Waals surface area (Å²) in [5, 5.41) is 0. The second-order valence-corrected chi connectivity index (χ2v) is 5.16. The van der Waals surface area contributed by atoms with Crippen molar-refractivity contribution in [1.29, 1.82) is 0 Å². The van der Waals surface area contributed by atoms with E-state index in [0.717, 1.165) is 0 Å². The van der Waals surface area contributed by atoms with Gasteiger partial charge < -0.3 is 0 Å². The standard InChI is InChI=1S/C9F18O/c10-1(11)2(12,13)6(20,21)9(26,27)28-7(22,3(1,14)15)4(16,17)5(18,19)8(23,24)25. The van der Waals surface area contributed by atoms with E-state index in [1.165, 1.54) is 4.74 Å². The minimum Gasteiger partial charge on any atom is -0.267 e. The monoisotopic (exact) mass is 466 g/mol. The molecule has 0 aromatic rings. The second kappa shape index (κ2) is 5.44. The molecule has 0 N–H and O–H groups in total. The Morgan fingerprint density at radius 3 is 1.11 bits per heavy atom. The molecule has 0 spiro atoms. The van der Waals surface area contributed by atoms with Crippen molar-refractivity contribution in [2.45, 2.75) is 53.7 Å². The highest BCUT2D eigenvalue weighted by Gasteiger charge is 3.01. The van der Waals surface area contributed by atoms with E-state index in [0.29, 0.717) is 0 Å². The van der Waals surface area contributed by atoms with Gasteiger partial charge in [0.05, 0.1) is 0 Å². The average molecular weight is 466 g/mol. The predicted octanol–water partition coefficient (Wildman–Crippen LogP) is 5.65. The summed E-state index contributed by atoms with van der Waals surface area (Å²) in [5.41, 5.74) is 0. The molecule has 0 aliphatic carbocycles. The molecule has 1 atom stereocenters. The Bertz CT molecular complexity index is 629. The Hall–Kier alpha value is -1.30. The molecule has 0 radical (unpaired) electrons. The molecular weight excluding hydrogens is 466 g/mol. The second-order valence-electron chi connectivity index (χ2n) is 5.16. The first-order valence-corrected chi connectivity index (χ1v) is 5.81. The molecule has 168 valence electrons. The fraction of sp³-hybridized carbons (Fsp3) is 1.00. The minimum absolute atomic E-state index is 1.24. The van der Waals surface area contributed by atoms with Gasteiger partial charge in [-0.3, -0.25) is 4.74 Å². The fourth-order valence-corrected chi connectivity index (χ4v) is 1.73. The van der Waals surface area contributed by atoms with Crippen LogP contribution in [-0.4, -0.2) is 53.7 Å². The Labute approximate surface area is 139 Å². The fourth-order valence-electron chi connectivity index (χ4n) is 1.73. The van der Waals surface area contributed by atoms with Crippen LogP contribution in [0.5, 0.6) is 0 Å². The van der Waals surface area contributed by atoms with Gasteiger partial charge >= 0.3 is 53.7 Å². The lowest BCUT2D eigenvalue weighted by molar-refractivity contribution is -0.499. The molecule has 1 heterocycles. The summed E-state index contributed by atoms with van der Waals surface area (Å²) in [6, 6.07) is 0. The number of alkyl halides is 18. The van der Waals surface area contributed by atoms with Crippen molar-refractivity contribution in [2.24, 2.45) is 0 Å². The Morgan fingerprint density at radius 2 is 0.786 bits per heavy atom. The van der Waals surface area contributed by atoms with E-state index in [1.54, 1.807) is 0 Å². The quantitative estimate of drug-likeness (QED) is 0.479. The van der Waals surface area contributed by atoms with Crippen molar-refractivity contribution in [3.05, 3.63) is 0 Å². The zero-order valence-corrected chi connectivity index (χ0v) is 11.7. The third-order valence-electron chi connectivity index (χ3n) is 3.38. The van der Waals surface area contributed by atoms with Gasteiger partial charge in [0.25, 0.3) is 0 Å². The summed E-state index contributed by atoms with van der Waals surface area (Å²) >= 11 is 0. The molecule has 1 unspecified atom stereocenters. The number of hydrogen-bond donors (Lipinski definition) is 0. The molecule has 0 bridgehead atoms. The average Bonchev–Trinajstić information content (AvgIpc) is 2.44. The molecule has 1 nitrogen and oxygen atoms in total. The largest absolute Gasteiger partial charge is 0.460 e. The van der Waals surface area contributed by atoms with E-state index in [2.05, 4.69) is 0 Å². The van der Waals surface area contributed by atoms with E-state index >= 15 is 0 Å². The first kappa shape index (κ1) is 24.7. The van der Waals surface area contributed by atoms with Gasteiger partial charge in [-0.15, -0.1) is 0 Å². The van der Waals surface area contributed by atoms with Crippen LogP contribution in [0.1, 0.15) is 0 Å². The molecule has 1 aliphatic rings. The van der Waals surface area contributed by atoms with Gasteiger partial charge in [-0.2, -0.15) is 79.0 Å². The molecule has 1 fully saturated rings. The molecule has 0 aromatic heterocycles. The van der Waals surface area contributed by atoms with Crippen LogP contribution < -0.4 is 0 Å². The minimum atomic E-state index is -8.56. The Morgan fingerprint density at radius 1 is 0.464 bits per heavy atom. The number of ether oxygens (including phenoxy) is 1. The van der Waals surface area contributed by atoms with Crippen LogP contribution in [-0.2, 0) is 4.74 Å². The predicted molar refractivity (Wildman–Crippen MR) is 45.6 cm³/mol. The molecule has 0 saturated carbocycles. The summed E-state index contributed by atoms with van der Waals surface area (Å²) in [7, 11) is 0. The highest BCUT2D eigenvalue weighted by atomic mass is 19.4. The Kier molecular flexibility index (Phi) is 4.80. The maximum absolute atomic E-state index is 13.8. The van der Waals surface area contributed by atoms with Gasteiger partial charge in [0, 0.05) is 0 Å². The van der Waals surface area contributed by atoms with Gasteiger partial charge in [0.15, 0.2) is 0 Å². The van der Waals surface area contributed by atoms with Crippen molar-refractivity contribution < 1.29 is 83.8 Å². The number of halogens is 18. The van der Waals surface area contributed by atoms with Crippen molar-refractivity contribution in [1.82, 2.24) is 0 Å². The topological polar surface area (TPSA) is 9.23 Å². The summed E-state index contributed by atoms with van der Waals surface area (Å²) in [6.07, 6.45) is -15.7. The summed E-state index contributed by atoms with van der Waals surface area (Å²) in [4.78, 5) is 0. The van der Waals surface area contributed by atoms with Crippen LogP contribution >= 0.6 is 0 Å². The highest BCUT2D eigenvalue weighted by Crippen LogP contribution is 2.69. The third-order valence-corrected chi connectivity index (χ3v) is 3.38. The molecule has 1 saturated heterocycles.